The smallest absolute Gasteiger partial charge is 0.0180 e. The van der Waals surface area contributed by atoms with E-state index in [-0.39, 0.29) is 0 Å². The first kappa shape index (κ1) is 7.33. The fourth-order valence-corrected chi connectivity index (χ4v) is 1.66. The minimum absolute atomic E-state index is 0.661. The highest BCUT2D eigenvalue weighted by Gasteiger charge is 2.12. The summed E-state index contributed by atoms with van der Waals surface area (Å²) in [6.07, 6.45) is 8.66. The Morgan fingerprint density at radius 3 is 2.78 bits per heavy atom. The molecule has 0 nitrogen and oxygen atoms in total. The molecule has 0 amide bonds. The Labute approximate surface area is 65.5 Å². The molecule has 52 valence electrons. The molecule has 1 aliphatic rings. The molecule has 0 radical (unpaired) electrons. The number of hydrogen-bond acceptors (Lipinski definition) is 0. The van der Waals surface area contributed by atoms with Crippen LogP contribution in [0.5, 0.6) is 0 Å². The van der Waals surface area contributed by atoms with E-state index < -0.39 is 0 Å². The maximum atomic E-state index is 3.58. The van der Waals surface area contributed by atoms with Gasteiger partial charge in [0.05, 0.1) is 0 Å². The third-order valence-electron chi connectivity index (χ3n) is 1.88. The molecule has 2 atom stereocenters. The van der Waals surface area contributed by atoms with E-state index in [2.05, 4.69) is 35.0 Å². The van der Waals surface area contributed by atoms with Crippen LogP contribution >= 0.6 is 15.9 Å². The first-order valence-corrected chi connectivity index (χ1v) is 4.53. The molecule has 0 aromatic heterocycles. The van der Waals surface area contributed by atoms with Gasteiger partial charge in [-0.1, -0.05) is 35.0 Å². The second-order valence-corrected chi connectivity index (χ2v) is 4.14. The average molecular weight is 189 g/mol. The van der Waals surface area contributed by atoms with Gasteiger partial charge >= 0.3 is 0 Å². The van der Waals surface area contributed by atoms with Gasteiger partial charge in [-0.2, -0.15) is 0 Å². The lowest BCUT2D eigenvalue weighted by Crippen LogP contribution is -2.09. The summed E-state index contributed by atoms with van der Waals surface area (Å²) in [7, 11) is 0. The highest BCUT2D eigenvalue weighted by Crippen LogP contribution is 2.24. The lowest BCUT2D eigenvalue weighted by atomic mass is 9.94. The zero-order chi connectivity index (χ0) is 6.69. The van der Waals surface area contributed by atoms with E-state index in [0.717, 1.165) is 5.92 Å². The second-order valence-electron chi connectivity index (χ2n) is 2.70. The van der Waals surface area contributed by atoms with E-state index in [1.165, 1.54) is 19.3 Å². The molecule has 9 heavy (non-hydrogen) atoms. The molecule has 0 bridgehead atoms. The van der Waals surface area contributed by atoms with E-state index in [9.17, 15) is 0 Å². The minimum Gasteiger partial charge on any atom is -0.0887 e. The molecule has 0 aliphatic heterocycles. The molecular formula is C8H13Br. The maximum Gasteiger partial charge on any atom is 0.0180 e. The van der Waals surface area contributed by atoms with Crippen LogP contribution in [-0.4, -0.2) is 4.83 Å². The third kappa shape index (κ3) is 2.13. The van der Waals surface area contributed by atoms with Crippen molar-refractivity contribution in [2.45, 2.75) is 31.0 Å². The van der Waals surface area contributed by atoms with Crippen molar-refractivity contribution in [1.29, 1.82) is 0 Å². The van der Waals surface area contributed by atoms with Crippen LogP contribution in [0.15, 0.2) is 12.2 Å². The van der Waals surface area contributed by atoms with Gasteiger partial charge in [-0.15, -0.1) is 0 Å². The SMILES string of the molecule is C[C@@H](Br)[C@H]1C=CCCC1. The van der Waals surface area contributed by atoms with Gasteiger partial charge in [-0.25, -0.2) is 0 Å². The van der Waals surface area contributed by atoms with Crippen LogP contribution in [0.2, 0.25) is 0 Å². The van der Waals surface area contributed by atoms with Gasteiger partial charge in [-0.05, 0) is 25.2 Å². The number of rotatable bonds is 1. The standard InChI is InChI=1S/C8H13Br/c1-7(9)8-5-3-2-4-6-8/h3,5,7-8H,2,4,6H2,1H3/t7-,8+/m1/s1. The van der Waals surface area contributed by atoms with Crippen molar-refractivity contribution in [3.8, 4) is 0 Å². The van der Waals surface area contributed by atoms with Crippen molar-refractivity contribution in [2.75, 3.05) is 0 Å². The van der Waals surface area contributed by atoms with E-state index in [4.69, 9.17) is 0 Å². The molecule has 0 saturated heterocycles. The van der Waals surface area contributed by atoms with E-state index >= 15 is 0 Å². The summed E-state index contributed by atoms with van der Waals surface area (Å²) in [5.41, 5.74) is 0. The minimum atomic E-state index is 0.661. The quantitative estimate of drug-likeness (QED) is 0.439. The van der Waals surface area contributed by atoms with Crippen LogP contribution in [-0.2, 0) is 0 Å². The Morgan fingerprint density at radius 2 is 2.44 bits per heavy atom. The highest BCUT2D eigenvalue weighted by molar-refractivity contribution is 9.09. The first-order valence-electron chi connectivity index (χ1n) is 3.61. The van der Waals surface area contributed by atoms with Gasteiger partial charge in [-0.3, -0.25) is 0 Å². The molecule has 0 N–H and O–H groups in total. The number of allylic oxidation sites excluding steroid dienone is 2. The van der Waals surface area contributed by atoms with Crippen LogP contribution < -0.4 is 0 Å². The van der Waals surface area contributed by atoms with Crippen molar-refractivity contribution < 1.29 is 0 Å². The zero-order valence-electron chi connectivity index (χ0n) is 5.81. The Bertz CT molecular complexity index is 105. The molecule has 0 spiro atoms. The average Bonchev–Trinajstić information content (AvgIpc) is 1.90. The molecule has 0 fully saturated rings. The monoisotopic (exact) mass is 188 g/mol. The summed E-state index contributed by atoms with van der Waals surface area (Å²) in [5, 5.41) is 0. The number of alkyl halides is 1. The first-order chi connectivity index (χ1) is 4.30. The van der Waals surface area contributed by atoms with Crippen molar-refractivity contribution >= 4 is 15.9 Å². The molecule has 0 aromatic carbocycles. The summed E-state index contributed by atoms with van der Waals surface area (Å²) < 4.78 is 0. The van der Waals surface area contributed by atoms with E-state index in [1.807, 2.05) is 0 Å². The zero-order valence-corrected chi connectivity index (χ0v) is 7.39. The Kier molecular flexibility index (Phi) is 2.77. The van der Waals surface area contributed by atoms with Gasteiger partial charge in [0.1, 0.15) is 0 Å². The molecule has 0 aromatic rings. The summed E-state index contributed by atoms with van der Waals surface area (Å²) in [6.45, 7) is 2.22. The molecular weight excluding hydrogens is 176 g/mol. The van der Waals surface area contributed by atoms with Crippen molar-refractivity contribution in [3.63, 3.8) is 0 Å². The summed E-state index contributed by atoms with van der Waals surface area (Å²) in [6, 6.07) is 0. The Hall–Kier alpha value is 0.220. The lowest BCUT2D eigenvalue weighted by molar-refractivity contribution is 0.542. The second kappa shape index (κ2) is 3.40. The van der Waals surface area contributed by atoms with Crippen LogP contribution in [0.3, 0.4) is 0 Å². The topological polar surface area (TPSA) is 0 Å². The molecule has 1 rings (SSSR count). The fraction of sp³-hybridized carbons (Fsp3) is 0.750. The number of halogens is 1. The largest absolute Gasteiger partial charge is 0.0887 e. The molecule has 0 heterocycles. The van der Waals surface area contributed by atoms with E-state index in [1.54, 1.807) is 0 Å². The van der Waals surface area contributed by atoms with Crippen LogP contribution in [0.25, 0.3) is 0 Å². The Morgan fingerprint density at radius 1 is 1.67 bits per heavy atom. The highest BCUT2D eigenvalue weighted by atomic mass is 79.9. The van der Waals surface area contributed by atoms with Crippen molar-refractivity contribution in [3.05, 3.63) is 12.2 Å². The number of hydrogen-bond donors (Lipinski definition) is 0. The van der Waals surface area contributed by atoms with Gasteiger partial charge < -0.3 is 0 Å². The molecule has 0 saturated carbocycles. The van der Waals surface area contributed by atoms with Crippen molar-refractivity contribution in [2.24, 2.45) is 5.92 Å². The molecule has 0 unspecified atom stereocenters. The van der Waals surface area contributed by atoms with Crippen molar-refractivity contribution in [1.82, 2.24) is 0 Å². The van der Waals surface area contributed by atoms with Gasteiger partial charge in [0.15, 0.2) is 0 Å². The van der Waals surface area contributed by atoms with Crippen LogP contribution in [0, 0.1) is 5.92 Å². The fourth-order valence-electron chi connectivity index (χ4n) is 1.22. The third-order valence-corrected chi connectivity index (χ3v) is 2.56. The molecule has 1 aliphatic carbocycles. The summed E-state index contributed by atoms with van der Waals surface area (Å²) >= 11 is 3.58. The lowest BCUT2D eigenvalue weighted by Gasteiger charge is -2.17. The summed E-state index contributed by atoms with van der Waals surface area (Å²) in [5.74, 6) is 0.791. The van der Waals surface area contributed by atoms with Crippen LogP contribution in [0.4, 0.5) is 0 Å². The van der Waals surface area contributed by atoms with E-state index in [0.29, 0.717) is 4.83 Å². The molecule has 1 heteroatoms. The van der Waals surface area contributed by atoms with Gasteiger partial charge in [0.25, 0.3) is 0 Å². The van der Waals surface area contributed by atoms with Gasteiger partial charge in [0, 0.05) is 4.83 Å². The normalized spacial score (nSPS) is 30.2. The van der Waals surface area contributed by atoms with Gasteiger partial charge in [0.2, 0.25) is 0 Å². The van der Waals surface area contributed by atoms with Crippen LogP contribution in [0.1, 0.15) is 26.2 Å². The predicted octanol–water partition coefficient (Wildman–Crippen LogP) is 3.13. The maximum absolute atomic E-state index is 3.58. The summed E-state index contributed by atoms with van der Waals surface area (Å²) in [4.78, 5) is 0.661. The predicted molar refractivity (Wildman–Crippen MR) is 44.9 cm³/mol. The Balaban J connectivity index is 2.40.